The van der Waals surface area contributed by atoms with Crippen LogP contribution in [0.25, 0.3) is 0 Å². The number of hydrogen-bond donors (Lipinski definition) is 1. The van der Waals surface area contributed by atoms with E-state index in [0.29, 0.717) is 37.4 Å². The molecule has 2 aliphatic rings. The molecule has 1 N–H and O–H groups in total. The molecule has 2 saturated heterocycles. The van der Waals surface area contributed by atoms with Gasteiger partial charge in [0.15, 0.2) is 0 Å². The fraction of sp³-hybridized carbons (Fsp3) is 0.762. The molecule has 0 bridgehead atoms. The molecule has 2 atom stereocenters. The lowest BCUT2D eigenvalue weighted by Crippen LogP contribution is -2.55. The number of ether oxygens (including phenoxy) is 1. The van der Waals surface area contributed by atoms with Crippen LogP contribution in [0.15, 0.2) is 12.3 Å². The number of piperidine rings is 1. The van der Waals surface area contributed by atoms with Crippen molar-refractivity contribution in [2.45, 2.75) is 84.0 Å². The minimum atomic E-state index is -0.333. The van der Waals surface area contributed by atoms with Crippen molar-refractivity contribution < 1.29 is 14.6 Å². The van der Waals surface area contributed by atoms with E-state index in [0.717, 1.165) is 12.8 Å². The average molecular weight is 376 g/mol. The maximum atomic E-state index is 12.9. The van der Waals surface area contributed by atoms with E-state index in [1.807, 2.05) is 18.7 Å². The molecule has 0 radical (unpaired) electrons. The van der Waals surface area contributed by atoms with E-state index in [2.05, 4.69) is 30.7 Å². The predicted octanol–water partition coefficient (Wildman–Crippen LogP) is 3.16. The zero-order chi connectivity index (χ0) is 19.8. The summed E-state index contributed by atoms with van der Waals surface area (Å²) in [5.41, 5.74) is 0.137. The fourth-order valence-electron chi connectivity index (χ4n) is 4.06. The molecule has 2 aliphatic heterocycles. The Hall–Kier alpha value is -1.53. The van der Waals surface area contributed by atoms with Crippen molar-refractivity contribution in [1.29, 1.82) is 0 Å². The number of aliphatic hydroxyl groups excluding tert-OH is 1. The topological polar surface area (TPSA) is 75.6 Å². The van der Waals surface area contributed by atoms with Gasteiger partial charge in [-0.1, -0.05) is 34.6 Å². The van der Waals surface area contributed by atoms with E-state index in [4.69, 9.17) is 4.74 Å². The quantitative estimate of drug-likeness (QED) is 0.859. The molecular weight excluding hydrogens is 342 g/mol. The number of carbonyl (C=O) groups excluding carboxylic acids is 1. The van der Waals surface area contributed by atoms with Gasteiger partial charge in [0.2, 0.25) is 0 Å². The Morgan fingerprint density at radius 2 is 2.00 bits per heavy atom. The first-order valence-corrected chi connectivity index (χ1v) is 10.1. The van der Waals surface area contributed by atoms with Crippen LogP contribution < -0.4 is 0 Å². The number of aliphatic hydroxyl groups is 1. The molecule has 0 aromatic carbocycles. The first kappa shape index (κ1) is 20.2. The van der Waals surface area contributed by atoms with Crippen LogP contribution in [0.3, 0.4) is 0 Å². The van der Waals surface area contributed by atoms with Gasteiger partial charge in [0.1, 0.15) is 11.5 Å². The van der Waals surface area contributed by atoms with Gasteiger partial charge >= 0.3 is 0 Å². The summed E-state index contributed by atoms with van der Waals surface area (Å²) in [6.45, 7) is 11.8. The van der Waals surface area contributed by atoms with Crippen LogP contribution in [-0.4, -0.2) is 56.8 Å². The molecule has 1 aromatic rings. The van der Waals surface area contributed by atoms with Crippen molar-refractivity contribution in [2.75, 3.05) is 13.1 Å². The monoisotopic (exact) mass is 375 g/mol. The second-order valence-corrected chi connectivity index (χ2v) is 9.50. The third kappa shape index (κ3) is 4.49. The molecule has 3 heterocycles. The van der Waals surface area contributed by atoms with Crippen LogP contribution in [0.2, 0.25) is 0 Å². The molecule has 1 spiro atoms. The highest BCUT2D eigenvalue weighted by molar-refractivity contribution is 5.92. The Labute approximate surface area is 162 Å². The van der Waals surface area contributed by atoms with Crippen LogP contribution in [0, 0.1) is 5.41 Å². The largest absolute Gasteiger partial charge is 0.393 e. The summed E-state index contributed by atoms with van der Waals surface area (Å²) in [5, 5.41) is 10.4. The zero-order valence-corrected chi connectivity index (χ0v) is 17.2. The number of hydrogen-bond acceptors (Lipinski definition) is 5. The van der Waals surface area contributed by atoms with Gasteiger partial charge in [-0.3, -0.25) is 4.79 Å². The Kier molecular flexibility index (Phi) is 5.59. The van der Waals surface area contributed by atoms with Gasteiger partial charge in [-0.25, -0.2) is 9.97 Å². The maximum Gasteiger partial charge on any atom is 0.272 e. The summed E-state index contributed by atoms with van der Waals surface area (Å²) >= 11 is 0. The van der Waals surface area contributed by atoms with E-state index in [-0.39, 0.29) is 35.0 Å². The molecule has 1 amide bonds. The van der Waals surface area contributed by atoms with Gasteiger partial charge in [-0.05, 0) is 24.3 Å². The van der Waals surface area contributed by atoms with Gasteiger partial charge in [0, 0.05) is 38.0 Å². The predicted molar refractivity (Wildman–Crippen MR) is 104 cm³/mol. The SMILES string of the molecule is CC(C)c1nccc(C(=O)N2CCC3(CC2)C[C@H](O)C[C@H](C(C)(C)C)O3)n1. The summed E-state index contributed by atoms with van der Waals surface area (Å²) in [6, 6.07) is 1.69. The second kappa shape index (κ2) is 7.47. The van der Waals surface area contributed by atoms with E-state index in [1.165, 1.54) is 0 Å². The van der Waals surface area contributed by atoms with E-state index < -0.39 is 0 Å². The first-order valence-electron chi connectivity index (χ1n) is 10.1. The third-order valence-corrected chi connectivity index (χ3v) is 5.82. The normalized spacial score (nSPS) is 25.8. The van der Waals surface area contributed by atoms with Crippen molar-refractivity contribution >= 4 is 5.91 Å². The second-order valence-electron chi connectivity index (χ2n) is 9.50. The van der Waals surface area contributed by atoms with E-state index in [9.17, 15) is 9.90 Å². The van der Waals surface area contributed by atoms with Crippen molar-refractivity contribution in [3.05, 3.63) is 23.8 Å². The molecular formula is C21H33N3O3. The maximum absolute atomic E-state index is 12.9. The first-order chi connectivity index (χ1) is 12.6. The van der Waals surface area contributed by atoms with Gasteiger partial charge < -0.3 is 14.7 Å². The Bertz CT molecular complexity index is 675. The molecule has 0 saturated carbocycles. The zero-order valence-electron chi connectivity index (χ0n) is 17.2. The number of aromatic nitrogens is 2. The van der Waals surface area contributed by atoms with E-state index >= 15 is 0 Å². The Balaban J connectivity index is 1.68. The average Bonchev–Trinajstić information content (AvgIpc) is 2.60. The number of nitrogens with zero attached hydrogens (tertiary/aromatic N) is 3. The van der Waals surface area contributed by atoms with Crippen molar-refractivity contribution in [1.82, 2.24) is 14.9 Å². The number of amides is 1. The smallest absolute Gasteiger partial charge is 0.272 e. The van der Waals surface area contributed by atoms with Gasteiger partial charge in [-0.2, -0.15) is 0 Å². The summed E-state index contributed by atoms with van der Waals surface area (Å²) in [4.78, 5) is 23.4. The number of carbonyl (C=O) groups is 1. The van der Waals surface area contributed by atoms with Crippen LogP contribution in [0.1, 0.15) is 82.5 Å². The molecule has 6 nitrogen and oxygen atoms in total. The highest BCUT2D eigenvalue weighted by Crippen LogP contribution is 2.42. The third-order valence-electron chi connectivity index (χ3n) is 5.82. The molecule has 0 aliphatic carbocycles. The Morgan fingerprint density at radius 3 is 2.59 bits per heavy atom. The van der Waals surface area contributed by atoms with Crippen LogP contribution in [0.4, 0.5) is 0 Å². The van der Waals surface area contributed by atoms with Gasteiger partial charge in [0.05, 0.1) is 17.8 Å². The lowest BCUT2D eigenvalue weighted by molar-refractivity contribution is -0.205. The summed E-state index contributed by atoms with van der Waals surface area (Å²) in [7, 11) is 0. The van der Waals surface area contributed by atoms with Crippen LogP contribution in [-0.2, 0) is 4.74 Å². The molecule has 6 heteroatoms. The lowest BCUT2D eigenvalue weighted by atomic mass is 9.76. The number of rotatable bonds is 2. The molecule has 2 fully saturated rings. The van der Waals surface area contributed by atoms with Crippen molar-refractivity contribution in [2.24, 2.45) is 5.41 Å². The highest BCUT2D eigenvalue weighted by Gasteiger charge is 2.46. The van der Waals surface area contributed by atoms with Crippen molar-refractivity contribution in [3.8, 4) is 0 Å². The molecule has 0 unspecified atom stereocenters. The van der Waals surface area contributed by atoms with Crippen LogP contribution in [0.5, 0.6) is 0 Å². The van der Waals surface area contributed by atoms with Gasteiger partial charge in [0.25, 0.3) is 5.91 Å². The number of likely N-dealkylation sites (tertiary alicyclic amines) is 1. The molecule has 27 heavy (non-hydrogen) atoms. The minimum absolute atomic E-state index is 0.00441. The molecule has 3 rings (SSSR count). The van der Waals surface area contributed by atoms with E-state index in [1.54, 1.807) is 12.3 Å². The fourth-order valence-corrected chi connectivity index (χ4v) is 4.06. The summed E-state index contributed by atoms with van der Waals surface area (Å²) < 4.78 is 6.51. The molecule has 150 valence electrons. The van der Waals surface area contributed by atoms with Gasteiger partial charge in [-0.15, -0.1) is 0 Å². The Morgan fingerprint density at radius 1 is 1.33 bits per heavy atom. The summed E-state index contributed by atoms with van der Waals surface area (Å²) in [5.74, 6) is 0.841. The standard InChI is InChI=1S/C21H33N3O3/c1-14(2)18-22-9-6-16(23-18)19(26)24-10-7-21(8-11-24)13-15(25)12-17(27-21)20(3,4)5/h6,9,14-15,17,25H,7-8,10-13H2,1-5H3/t15-,17-/m1/s1. The minimum Gasteiger partial charge on any atom is -0.393 e. The highest BCUT2D eigenvalue weighted by atomic mass is 16.5. The van der Waals surface area contributed by atoms with Crippen LogP contribution >= 0.6 is 0 Å². The molecule has 1 aromatic heterocycles. The summed E-state index contributed by atoms with van der Waals surface area (Å²) in [6.07, 6.45) is 4.23. The lowest BCUT2D eigenvalue weighted by Gasteiger charge is -2.50. The van der Waals surface area contributed by atoms with Crippen molar-refractivity contribution in [3.63, 3.8) is 0 Å².